The molecule has 1 aromatic heterocycles. The summed E-state index contributed by atoms with van der Waals surface area (Å²) in [6.45, 7) is 4.55. The summed E-state index contributed by atoms with van der Waals surface area (Å²) >= 11 is 0. The molecule has 1 amide bonds. The van der Waals surface area contributed by atoms with Gasteiger partial charge in [0.15, 0.2) is 0 Å². The van der Waals surface area contributed by atoms with E-state index in [0.29, 0.717) is 34.4 Å². The molecule has 34 heavy (non-hydrogen) atoms. The van der Waals surface area contributed by atoms with E-state index in [1.54, 1.807) is 18.2 Å². The second kappa shape index (κ2) is 9.56. The maximum atomic E-state index is 13.4. The predicted molar refractivity (Wildman–Crippen MR) is 130 cm³/mol. The molecule has 0 radical (unpaired) electrons. The number of likely N-dealkylation sites (tertiary alicyclic amines) is 1. The van der Waals surface area contributed by atoms with Crippen LogP contribution >= 0.6 is 0 Å². The zero-order valence-electron chi connectivity index (χ0n) is 19.4. The number of ether oxygens (including phenoxy) is 1. The first-order valence-corrected chi connectivity index (χ1v) is 11.9. The number of aliphatic hydroxyl groups is 1. The average Bonchev–Trinajstić information content (AvgIpc) is 3.66. The van der Waals surface area contributed by atoms with Crippen molar-refractivity contribution < 1.29 is 14.6 Å². The molecule has 1 saturated carbocycles. The predicted octanol–water partition coefficient (Wildman–Crippen LogP) is 2.42. The Morgan fingerprint density at radius 2 is 1.94 bits per heavy atom. The van der Waals surface area contributed by atoms with E-state index in [1.165, 1.54) is 10.9 Å². The summed E-state index contributed by atoms with van der Waals surface area (Å²) in [5, 5.41) is 12.6. The largest absolute Gasteiger partial charge is 0.490 e. The van der Waals surface area contributed by atoms with Crippen molar-refractivity contribution in [2.24, 2.45) is 0 Å². The van der Waals surface area contributed by atoms with E-state index in [9.17, 15) is 9.59 Å². The number of carbonyl (C=O) groups is 1. The highest BCUT2D eigenvalue weighted by Gasteiger charge is 2.24. The first-order valence-electron chi connectivity index (χ1n) is 11.9. The van der Waals surface area contributed by atoms with Crippen molar-refractivity contribution in [1.82, 2.24) is 19.8 Å². The summed E-state index contributed by atoms with van der Waals surface area (Å²) < 4.78 is 7.69. The van der Waals surface area contributed by atoms with Gasteiger partial charge < -0.3 is 20.1 Å². The first kappa shape index (κ1) is 22.6. The lowest BCUT2D eigenvalue weighted by molar-refractivity contribution is 0.0890. The number of aryl methyl sites for hydroxylation is 1. The zero-order chi connectivity index (χ0) is 23.7. The fraction of sp³-hybridized carbons (Fsp3) is 0.423. The number of rotatable bonds is 7. The molecule has 1 aliphatic heterocycles. The van der Waals surface area contributed by atoms with E-state index in [2.05, 4.69) is 15.2 Å². The molecule has 8 nitrogen and oxygen atoms in total. The van der Waals surface area contributed by atoms with Gasteiger partial charge in [-0.2, -0.15) is 0 Å². The van der Waals surface area contributed by atoms with Gasteiger partial charge in [-0.05, 0) is 68.5 Å². The molecule has 178 valence electrons. The molecule has 0 bridgehead atoms. The van der Waals surface area contributed by atoms with Gasteiger partial charge in [0.2, 0.25) is 0 Å². The van der Waals surface area contributed by atoms with Gasteiger partial charge in [0.05, 0.1) is 23.2 Å². The molecule has 0 spiro atoms. The highest BCUT2D eigenvalue weighted by molar-refractivity contribution is 5.95. The third kappa shape index (κ3) is 4.83. The Kier molecular flexibility index (Phi) is 6.34. The molecule has 3 aromatic rings. The Hall–Kier alpha value is -3.23. The van der Waals surface area contributed by atoms with E-state index < -0.39 is 0 Å². The third-order valence-corrected chi connectivity index (χ3v) is 6.63. The Balaban J connectivity index is 1.41. The van der Waals surface area contributed by atoms with Crippen molar-refractivity contribution >= 4 is 16.8 Å². The van der Waals surface area contributed by atoms with E-state index in [4.69, 9.17) is 9.84 Å². The van der Waals surface area contributed by atoms with E-state index in [-0.39, 0.29) is 30.2 Å². The lowest BCUT2D eigenvalue weighted by Gasteiger charge is -2.31. The maximum Gasteiger partial charge on any atom is 0.265 e. The van der Waals surface area contributed by atoms with Crippen molar-refractivity contribution in [3.63, 3.8) is 0 Å². The van der Waals surface area contributed by atoms with E-state index in [1.807, 2.05) is 25.1 Å². The van der Waals surface area contributed by atoms with E-state index in [0.717, 1.165) is 44.3 Å². The van der Waals surface area contributed by atoms with Crippen LogP contribution in [0.3, 0.4) is 0 Å². The number of amides is 1. The Morgan fingerprint density at radius 1 is 1.15 bits per heavy atom. The Labute approximate surface area is 198 Å². The number of nitrogens with zero attached hydrogens (tertiary/aromatic N) is 3. The molecular formula is C26H30N4O4. The van der Waals surface area contributed by atoms with Crippen LogP contribution in [0, 0.1) is 6.92 Å². The number of fused-ring (bicyclic) bond motifs is 1. The number of β-amino-alcohol motifs (C(OH)–C–C–N with tert-alkyl or cyclic N) is 1. The zero-order valence-corrected chi connectivity index (χ0v) is 19.4. The molecular weight excluding hydrogens is 432 g/mol. The monoisotopic (exact) mass is 462 g/mol. The fourth-order valence-corrected chi connectivity index (χ4v) is 4.44. The van der Waals surface area contributed by atoms with Gasteiger partial charge >= 0.3 is 0 Å². The number of hydrogen-bond donors (Lipinski definition) is 2. The minimum atomic E-state index is -0.198. The van der Waals surface area contributed by atoms with Crippen LogP contribution in [0.1, 0.15) is 41.6 Å². The highest BCUT2D eigenvalue weighted by atomic mass is 16.5. The number of hydrogen-bond acceptors (Lipinski definition) is 6. The van der Waals surface area contributed by atoms with Crippen molar-refractivity contribution in [2.45, 2.75) is 44.8 Å². The van der Waals surface area contributed by atoms with Gasteiger partial charge in [0.25, 0.3) is 11.5 Å². The van der Waals surface area contributed by atoms with Gasteiger partial charge in [-0.25, -0.2) is 4.98 Å². The lowest BCUT2D eigenvalue weighted by Crippen LogP contribution is -2.39. The molecule has 0 unspecified atom stereocenters. The van der Waals surface area contributed by atoms with Crippen LogP contribution in [0.15, 0.2) is 47.5 Å². The number of benzene rings is 2. The fourth-order valence-electron chi connectivity index (χ4n) is 4.44. The lowest BCUT2D eigenvalue weighted by atomic mass is 10.1. The van der Waals surface area contributed by atoms with Crippen molar-refractivity contribution in [3.8, 4) is 11.4 Å². The summed E-state index contributed by atoms with van der Waals surface area (Å²) in [6.07, 6.45) is 5.40. The Morgan fingerprint density at radius 3 is 2.68 bits per heavy atom. The normalized spacial score (nSPS) is 17.1. The molecule has 2 aliphatic rings. The highest BCUT2D eigenvalue weighted by Crippen LogP contribution is 2.23. The van der Waals surface area contributed by atoms with Crippen molar-refractivity contribution in [2.75, 3.05) is 26.2 Å². The molecule has 1 aliphatic carbocycles. The van der Waals surface area contributed by atoms with Crippen LogP contribution in [0.25, 0.3) is 16.6 Å². The Bertz CT molecular complexity index is 1260. The molecule has 0 atom stereocenters. The quantitative estimate of drug-likeness (QED) is 0.560. The maximum absolute atomic E-state index is 13.4. The molecule has 2 aromatic carbocycles. The second-order valence-electron chi connectivity index (χ2n) is 9.23. The van der Waals surface area contributed by atoms with Crippen LogP contribution < -0.4 is 15.6 Å². The van der Waals surface area contributed by atoms with Crippen LogP contribution in [0.5, 0.6) is 5.75 Å². The van der Waals surface area contributed by atoms with Crippen LogP contribution in [0.2, 0.25) is 0 Å². The molecule has 8 heteroatoms. The number of nitrogens with one attached hydrogen (secondary N) is 1. The standard InChI is InChI=1S/C26H30N4O4/c1-17-2-3-18(25(32)28-19-4-5-19)14-24(17)30-16-27-23-7-6-21(15-22(23)26(30)33)34-20-8-10-29(11-9-20)12-13-31/h2-3,6-7,14-16,19-20,31H,4-5,8-13H2,1H3,(H,28,32). The SMILES string of the molecule is Cc1ccc(C(=O)NC2CC2)cc1-n1cnc2ccc(OC3CCN(CCO)CC3)cc2c1=O. The molecule has 2 fully saturated rings. The summed E-state index contributed by atoms with van der Waals surface area (Å²) in [7, 11) is 0. The van der Waals surface area contributed by atoms with Crippen LogP contribution in [-0.4, -0.2) is 63.9 Å². The van der Waals surface area contributed by atoms with Crippen molar-refractivity contribution in [1.29, 1.82) is 0 Å². The number of aromatic nitrogens is 2. The smallest absolute Gasteiger partial charge is 0.265 e. The molecule has 2 N–H and O–H groups in total. The minimum absolute atomic E-state index is 0.0789. The first-order chi connectivity index (χ1) is 16.5. The van der Waals surface area contributed by atoms with Gasteiger partial charge in [-0.1, -0.05) is 6.07 Å². The molecule has 5 rings (SSSR count). The third-order valence-electron chi connectivity index (χ3n) is 6.63. The van der Waals surface area contributed by atoms with Crippen molar-refractivity contribution in [3.05, 3.63) is 64.2 Å². The number of piperidine rings is 1. The van der Waals surface area contributed by atoms with E-state index >= 15 is 0 Å². The van der Waals surface area contributed by atoms with Gasteiger partial charge in [0.1, 0.15) is 18.2 Å². The average molecular weight is 463 g/mol. The summed E-state index contributed by atoms with van der Waals surface area (Å²) in [4.78, 5) is 32.7. The summed E-state index contributed by atoms with van der Waals surface area (Å²) in [6, 6.07) is 11.1. The van der Waals surface area contributed by atoms with Gasteiger partial charge in [-0.15, -0.1) is 0 Å². The number of carbonyl (C=O) groups excluding carboxylic acids is 1. The molecule has 1 saturated heterocycles. The second-order valence-corrected chi connectivity index (χ2v) is 9.23. The topological polar surface area (TPSA) is 96.7 Å². The number of aliphatic hydroxyl groups excluding tert-OH is 1. The van der Waals surface area contributed by atoms with Crippen LogP contribution in [0.4, 0.5) is 0 Å². The molecule has 2 heterocycles. The van der Waals surface area contributed by atoms with Crippen LogP contribution in [-0.2, 0) is 0 Å². The minimum Gasteiger partial charge on any atom is -0.490 e. The summed E-state index contributed by atoms with van der Waals surface area (Å²) in [5.74, 6) is 0.533. The summed E-state index contributed by atoms with van der Waals surface area (Å²) in [5.41, 5.74) is 2.46. The van der Waals surface area contributed by atoms with Gasteiger partial charge in [-0.3, -0.25) is 14.2 Å². The van der Waals surface area contributed by atoms with Gasteiger partial charge in [0, 0.05) is 31.2 Å².